The van der Waals surface area contributed by atoms with Gasteiger partial charge < -0.3 is 5.32 Å². The van der Waals surface area contributed by atoms with Crippen molar-refractivity contribution >= 4 is 27.7 Å². The second-order valence-electron chi connectivity index (χ2n) is 3.36. The van der Waals surface area contributed by atoms with E-state index in [4.69, 9.17) is 4.55 Å². The first-order valence-electron chi connectivity index (χ1n) is 4.58. The monoisotopic (exact) mass is 256 g/mol. The molecule has 1 aromatic rings. The van der Waals surface area contributed by atoms with Gasteiger partial charge in [0, 0.05) is 0 Å². The van der Waals surface area contributed by atoms with Crippen LogP contribution in [0.3, 0.4) is 0 Å². The van der Waals surface area contributed by atoms with Crippen LogP contribution in [0.1, 0.15) is 0 Å². The molecule has 8 heteroatoms. The van der Waals surface area contributed by atoms with Gasteiger partial charge in [-0.05, 0) is 24.3 Å². The number of hydrogen-bond acceptors (Lipinski definition) is 4. The molecule has 2 rings (SSSR count). The van der Waals surface area contributed by atoms with Crippen molar-refractivity contribution in [1.29, 1.82) is 0 Å². The lowest BCUT2D eigenvalue weighted by molar-refractivity contribution is -0.115. The second kappa shape index (κ2) is 3.82. The summed E-state index contributed by atoms with van der Waals surface area (Å²) >= 11 is 0. The highest BCUT2D eigenvalue weighted by Crippen LogP contribution is 2.19. The normalized spacial score (nSPS) is 16.2. The summed E-state index contributed by atoms with van der Waals surface area (Å²) in [6.45, 7) is -0.0844. The van der Waals surface area contributed by atoms with Gasteiger partial charge in [-0.2, -0.15) is 8.42 Å². The molecular weight excluding hydrogens is 248 g/mol. The highest BCUT2D eigenvalue weighted by Gasteiger charge is 2.29. The molecule has 7 nitrogen and oxygen atoms in total. The van der Waals surface area contributed by atoms with Crippen LogP contribution in [0.5, 0.6) is 0 Å². The first kappa shape index (κ1) is 11.6. The van der Waals surface area contributed by atoms with E-state index in [-0.39, 0.29) is 17.1 Å². The van der Waals surface area contributed by atoms with E-state index in [1.807, 2.05) is 0 Å². The highest BCUT2D eigenvalue weighted by molar-refractivity contribution is 7.85. The van der Waals surface area contributed by atoms with Crippen LogP contribution in [0.15, 0.2) is 29.2 Å². The van der Waals surface area contributed by atoms with Crippen molar-refractivity contribution in [2.24, 2.45) is 0 Å². The summed E-state index contributed by atoms with van der Waals surface area (Å²) in [5, 5.41) is 2.33. The average Bonchev–Trinajstić information content (AvgIpc) is 2.58. The predicted molar refractivity (Wildman–Crippen MR) is 57.1 cm³/mol. The zero-order valence-corrected chi connectivity index (χ0v) is 9.27. The van der Waals surface area contributed by atoms with Crippen LogP contribution < -0.4 is 10.2 Å². The van der Waals surface area contributed by atoms with Crippen LogP contribution >= 0.6 is 0 Å². The van der Waals surface area contributed by atoms with E-state index in [9.17, 15) is 18.0 Å². The smallest absolute Gasteiger partial charge is 0.328 e. The molecule has 1 aromatic carbocycles. The Kier molecular flexibility index (Phi) is 2.60. The average molecular weight is 256 g/mol. The zero-order chi connectivity index (χ0) is 12.6. The van der Waals surface area contributed by atoms with Crippen molar-refractivity contribution in [3.05, 3.63) is 24.3 Å². The Bertz CT molecular complexity index is 562. The molecule has 1 saturated heterocycles. The van der Waals surface area contributed by atoms with Gasteiger partial charge in [0.25, 0.3) is 16.0 Å². The van der Waals surface area contributed by atoms with Gasteiger partial charge in [-0.1, -0.05) is 0 Å². The Morgan fingerprint density at radius 3 is 2.18 bits per heavy atom. The van der Waals surface area contributed by atoms with Gasteiger partial charge in [0.15, 0.2) is 0 Å². The van der Waals surface area contributed by atoms with Gasteiger partial charge in [-0.15, -0.1) is 0 Å². The van der Waals surface area contributed by atoms with Crippen molar-refractivity contribution in [2.45, 2.75) is 4.90 Å². The summed E-state index contributed by atoms with van der Waals surface area (Å²) in [6.07, 6.45) is 0. The standard InChI is InChI=1S/C9H8N2O5S/c12-8-5-10-9(13)11(8)6-1-3-7(4-2-6)17(14,15)16/h1-4H,5H2,(H,10,13)(H,14,15,16). The van der Waals surface area contributed by atoms with Crippen molar-refractivity contribution in [3.63, 3.8) is 0 Å². The van der Waals surface area contributed by atoms with E-state index in [1.54, 1.807) is 0 Å². The third kappa shape index (κ3) is 2.12. The van der Waals surface area contributed by atoms with E-state index in [2.05, 4.69) is 5.32 Å². The zero-order valence-electron chi connectivity index (χ0n) is 8.45. The summed E-state index contributed by atoms with van der Waals surface area (Å²) in [6, 6.07) is 4.21. The molecule has 0 unspecified atom stereocenters. The second-order valence-corrected chi connectivity index (χ2v) is 4.78. The molecule has 0 spiro atoms. The number of rotatable bonds is 2. The van der Waals surface area contributed by atoms with Gasteiger partial charge >= 0.3 is 6.03 Å². The molecule has 0 radical (unpaired) electrons. The largest absolute Gasteiger partial charge is 0.329 e. The van der Waals surface area contributed by atoms with Gasteiger partial charge in [0.05, 0.1) is 17.1 Å². The van der Waals surface area contributed by atoms with Crippen LogP contribution in [-0.2, 0) is 14.9 Å². The molecule has 3 amide bonds. The van der Waals surface area contributed by atoms with E-state index in [0.717, 1.165) is 17.0 Å². The number of carbonyl (C=O) groups is 2. The van der Waals surface area contributed by atoms with Crippen LogP contribution in [0.25, 0.3) is 0 Å². The summed E-state index contributed by atoms with van der Waals surface area (Å²) in [5.41, 5.74) is 0.248. The molecule has 1 aliphatic rings. The molecule has 0 saturated carbocycles. The minimum atomic E-state index is -4.27. The van der Waals surface area contributed by atoms with Crippen molar-refractivity contribution in [1.82, 2.24) is 5.32 Å². The molecule has 0 atom stereocenters. The van der Waals surface area contributed by atoms with E-state index in [1.165, 1.54) is 12.1 Å². The molecular formula is C9H8N2O5S. The minimum Gasteiger partial charge on any atom is -0.328 e. The van der Waals surface area contributed by atoms with Gasteiger partial charge in [-0.25, -0.2) is 9.69 Å². The maximum atomic E-state index is 11.3. The molecule has 0 bridgehead atoms. The van der Waals surface area contributed by atoms with Crippen molar-refractivity contribution in [2.75, 3.05) is 11.4 Å². The summed E-state index contributed by atoms with van der Waals surface area (Å²) < 4.78 is 30.3. The molecule has 1 aliphatic heterocycles. The van der Waals surface area contributed by atoms with Crippen LogP contribution in [0.4, 0.5) is 10.5 Å². The summed E-state index contributed by atoms with van der Waals surface area (Å²) in [7, 11) is -4.27. The lowest BCUT2D eigenvalue weighted by Gasteiger charge is -2.12. The maximum absolute atomic E-state index is 11.3. The van der Waals surface area contributed by atoms with Gasteiger partial charge in [0.2, 0.25) is 0 Å². The number of anilines is 1. The first-order valence-corrected chi connectivity index (χ1v) is 6.02. The third-order valence-electron chi connectivity index (χ3n) is 2.24. The topological polar surface area (TPSA) is 104 Å². The molecule has 2 N–H and O–H groups in total. The van der Waals surface area contributed by atoms with Crippen LogP contribution in [0, 0.1) is 0 Å². The number of carbonyl (C=O) groups excluding carboxylic acids is 2. The number of nitrogens with zero attached hydrogens (tertiary/aromatic N) is 1. The molecule has 90 valence electrons. The lowest BCUT2D eigenvalue weighted by Crippen LogP contribution is -2.30. The fourth-order valence-corrected chi connectivity index (χ4v) is 1.93. The SMILES string of the molecule is O=C1CNC(=O)N1c1ccc(S(=O)(=O)O)cc1. The number of amides is 3. The molecule has 17 heavy (non-hydrogen) atoms. The van der Waals surface area contributed by atoms with E-state index >= 15 is 0 Å². The van der Waals surface area contributed by atoms with E-state index < -0.39 is 22.1 Å². The number of imide groups is 1. The Hall–Kier alpha value is -1.93. The van der Waals surface area contributed by atoms with Crippen LogP contribution in [-0.4, -0.2) is 31.5 Å². The molecule has 0 aromatic heterocycles. The van der Waals surface area contributed by atoms with Gasteiger partial charge in [-0.3, -0.25) is 9.35 Å². The summed E-state index contributed by atoms with van der Waals surface area (Å²) in [4.78, 5) is 23.2. The number of urea groups is 1. The number of nitrogens with one attached hydrogen (secondary N) is 1. The third-order valence-corrected chi connectivity index (χ3v) is 3.10. The highest BCUT2D eigenvalue weighted by atomic mass is 32.2. The fourth-order valence-electron chi connectivity index (χ4n) is 1.45. The van der Waals surface area contributed by atoms with Crippen molar-refractivity contribution in [3.8, 4) is 0 Å². The Morgan fingerprint density at radius 2 is 1.76 bits per heavy atom. The van der Waals surface area contributed by atoms with Gasteiger partial charge in [0.1, 0.15) is 0 Å². The Labute approximate surface area is 96.8 Å². The van der Waals surface area contributed by atoms with E-state index in [0.29, 0.717) is 0 Å². The maximum Gasteiger partial charge on any atom is 0.329 e. The number of hydrogen-bond donors (Lipinski definition) is 2. The van der Waals surface area contributed by atoms with Crippen LogP contribution in [0.2, 0.25) is 0 Å². The Balaban J connectivity index is 2.36. The predicted octanol–water partition coefficient (Wildman–Crippen LogP) is -0.0105. The lowest BCUT2D eigenvalue weighted by atomic mass is 10.3. The first-order chi connectivity index (χ1) is 7.89. The van der Waals surface area contributed by atoms with Crippen molar-refractivity contribution < 1.29 is 22.6 Å². The minimum absolute atomic E-state index is 0.0844. The quantitative estimate of drug-likeness (QED) is 0.572. The molecule has 0 aliphatic carbocycles. The molecule has 1 fully saturated rings. The summed E-state index contributed by atoms with van der Waals surface area (Å²) in [5.74, 6) is -0.422. The molecule has 1 heterocycles. The fraction of sp³-hybridized carbons (Fsp3) is 0.111. The number of benzene rings is 1. The Morgan fingerprint density at radius 1 is 1.18 bits per heavy atom.